The zero-order valence-corrected chi connectivity index (χ0v) is 24.5. The highest BCUT2D eigenvalue weighted by molar-refractivity contribution is 6.03. The fourth-order valence-electron chi connectivity index (χ4n) is 4.39. The largest absolute Gasteiger partial charge is 0.342 e. The molecule has 1 heterocycles. The van der Waals surface area contributed by atoms with E-state index in [1.807, 2.05) is 12.1 Å². The van der Waals surface area contributed by atoms with Gasteiger partial charge in [-0.15, -0.1) is 0 Å². The highest BCUT2D eigenvalue weighted by Crippen LogP contribution is 2.47. The SMILES string of the molecule is CC(C)(N)C(=O)N1CCN(C=O)CC1.CN=C(/C=C\NC=O)Nc1ccc(CC(C)NCCC2(CN)CC2)cc1. The summed E-state index contributed by atoms with van der Waals surface area (Å²) < 4.78 is 0. The number of aliphatic imine (C=N–C) groups is 1. The van der Waals surface area contributed by atoms with E-state index in [9.17, 15) is 14.4 Å². The first-order valence-corrected chi connectivity index (χ1v) is 14.0. The summed E-state index contributed by atoms with van der Waals surface area (Å²) in [5.74, 6) is 0.624. The average Bonchev–Trinajstić information content (AvgIpc) is 3.73. The zero-order chi connectivity index (χ0) is 29.6. The number of rotatable bonds is 13. The smallest absolute Gasteiger partial charge is 0.242 e. The number of anilines is 1. The fourth-order valence-corrected chi connectivity index (χ4v) is 4.39. The van der Waals surface area contributed by atoms with Crippen molar-refractivity contribution >= 4 is 30.3 Å². The van der Waals surface area contributed by atoms with Gasteiger partial charge in [-0.2, -0.15) is 0 Å². The van der Waals surface area contributed by atoms with E-state index in [4.69, 9.17) is 11.5 Å². The van der Waals surface area contributed by atoms with Crippen molar-refractivity contribution in [1.29, 1.82) is 0 Å². The third kappa shape index (κ3) is 11.4. The molecule has 1 aromatic carbocycles. The van der Waals surface area contributed by atoms with Crippen molar-refractivity contribution in [2.75, 3.05) is 51.6 Å². The second kappa shape index (κ2) is 16.1. The van der Waals surface area contributed by atoms with Crippen LogP contribution in [0.1, 0.15) is 45.6 Å². The lowest BCUT2D eigenvalue weighted by atomic mass is 10.0. The maximum Gasteiger partial charge on any atom is 0.242 e. The van der Waals surface area contributed by atoms with Gasteiger partial charge < -0.3 is 37.2 Å². The molecule has 2 fully saturated rings. The van der Waals surface area contributed by atoms with E-state index in [0.29, 0.717) is 49.9 Å². The van der Waals surface area contributed by atoms with E-state index < -0.39 is 5.54 Å². The van der Waals surface area contributed by atoms with Crippen LogP contribution < -0.4 is 27.4 Å². The van der Waals surface area contributed by atoms with Crippen molar-refractivity contribution in [3.8, 4) is 0 Å². The summed E-state index contributed by atoms with van der Waals surface area (Å²) in [5, 5.41) is 9.29. The van der Waals surface area contributed by atoms with Crippen molar-refractivity contribution < 1.29 is 14.4 Å². The van der Waals surface area contributed by atoms with E-state index >= 15 is 0 Å². The Balaban J connectivity index is 0.000000337. The molecule has 1 aliphatic heterocycles. The molecule has 1 unspecified atom stereocenters. The second-order valence-corrected chi connectivity index (χ2v) is 11.2. The van der Waals surface area contributed by atoms with Gasteiger partial charge in [0.15, 0.2) is 0 Å². The highest BCUT2D eigenvalue weighted by atomic mass is 16.2. The minimum absolute atomic E-state index is 0.0527. The van der Waals surface area contributed by atoms with E-state index in [0.717, 1.165) is 31.6 Å². The number of amides is 3. The van der Waals surface area contributed by atoms with Crippen molar-refractivity contribution in [3.05, 3.63) is 42.1 Å². The van der Waals surface area contributed by atoms with E-state index in [-0.39, 0.29) is 5.91 Å². The molecule has 7 N–H and O–H groups in total. The molecule has 3 rings (SSSR count). The number of nitrogens with two attached hydrogens (primary N) is 2. The molecule has 3 amide bonds. The predicted octanol–water partition coefficient (Wildman–Crippen LogP) is 1.06. The standard InChI is InChI=1S/C20H31N5O.C9H17N3O2/c1-16(24-12-10-20(14-21)8-9-20)13-17-3-5-18(6-4-17)25-19(22-2)7-11-23-15-26;1-9(2,10)8(14)12-5-3-11(7-13)4-6-12/h3-7,11,15-16,24H,8-10,12-14,21H2,1-2H3,(H,22,25)(H,23,26);7H,3-6,10H2,1-2H3/b11-7-;. The molecule has 1 aromatic rings. The Hall–Kier alpha value is -3.28. The van der Waals surface area contributed by atoms with Crippen LogP contribution in [0.25, 0.3) is 0 Å². The summed E-state index contributed by atoms with van der Waals surface area (Å²) >= 11 is 0. The van der Waals surface area contributed by atoms with Crippen LogP contribution in [0.2, 0.25) is 0 Å². The number of hydrogen-bond donors (Lipinski definition) is 5. The third-order valence-electron chi connectivity index (χ3n) is 7.25. The Morgan fingerprint density at radius 1 is 1.15 bits per heavy atom. The minimum atomic E-state index is -0.816. The molecule has 1 saturated heterocycles. The fraction of sp³-hybridized carbons (Fsp3) is 0.586. The first-order chi connectivity index (χ1) is 19.1. The lowest BCUT2D eigenvalue weighted by Gasteiger charge is -2.35. The molecule has 11 heteroatoms. The van der Waals surface area contributed by atoms with Crippen LogP contribution >= 0.6 is 0 Å². The molecule has 0 radical (unpaired) electrons. The third-order valence-corrected chi connectivity index (χ3v) is 7.25. The van der Waals surface area contributed by atoms with E-state index in [1.165, 1.54) is 24.8 Å². The number of amidine groups is 1. The molecule has 0 bridgehead atoms. The van der Waals surface area contributed by atoms with Gasteiger partial charge in [-0.25, -0.2) is 0 Å². The number of benzene rings is 1. The molecule has 1 aliphatic carbocycles. The van der Waals surface area contributed by atoms with E-state index in [2.05, 4.69) is 40.0 Å². The number of nitrogens with zero attached hydrogens (tertiary/aromatic N) is 3. The zero-order valence-electron chi connectivity index (χ0n) is 24.5. The number of carbonyl (C=O) groups is 3. The topological polar surface area (TPSA) is 158 Å². The van der Waals surface area contributed by atoms with Crippen LogP contribution in [0.15, 0.2) is 41.5 Å². The lowest BCUT2D eigenvalue weighted by Crippen LogP contribution is -2.56. The average molecular weight is 557 g/mol. The molecule has 222 valence electrons. The van der Waals surface area contributed by atoms with Crippen LogP contribution in [-0.4, -0.2) is 92.3 Å². The van der Waals surface area contributed by atoms with Crippen LogP contribution in [-0.2, 0) is 20.8 Å². The monoisotopic (exact) mass is 556 g/mol. The second-order valence-electron chi connectivity index (χ2n) is 11.2. The summed E-state index contributed by atoms with van der Waals surface area (Å²) in [6, 6.07) is 8.78. The minimum Gasteiger partial charge on any atom is -0.342 e. The van der Waals surface area contributed by atoms with Gasteiger partial charge in [0, 0.05) is 51.2 Å². The quantitative estimate of drug-likeness (QED) is 0.138. The van der Waals surface area contributed by atoms with Crippen molar-refractivity contribution in [2.24, 2.45) is 21.9 Å². The number of carbonyl (C=O) groups excluding carboxylic acids is 3. The molecule has 2 aliphatic rings. The van der Waals surface area contributed by atoms with Crippen molar-refractivity contribution in [2.45, 2.75) is 58.0 Å². The van der Waals surface area contributed by atoms with Gasteiger partial charge in [0.2, 0.25) is 18.7 Å². The molecule has 0 spiro atoms. The molecule has 1 atom stereocenters. The summed E-state index contributed by atoms with van der Waals surface area (Å²) in [5.41, 5.74) is 13.4. The van der Waals surface area contributed by atoms with Crippen LogP contribution in [0, 0.1) is 5.41 Å². The van der Waals surface area contributed by atoms with Crippen molar-refractivity contribution in [3.63, 3.8) is 0 Å². The normalized spacial score (nSPS) is 17.5. The van der Waals surface area contributed by atoms with Gasteiger partial charge >= 0.3 is 0 Å². The Morgan fingerprint density at radius 2 is 1.80 bits per heavy atom. The number of piperazine rings is 1. The first kappa shape index (κ1) is 32.9. The molecular weight excluding hydrogens is 508 g/mol. The Morgan fingerprint density at radius 3 is 2.30 bits per heavy atom. The summed E-state index contributed by atoms with van der Waals surface area (Å²) in [7, 11) is 1.70. The van der Waals surface area contributed by atoms with Crippen LogP contribution in [0.3, 0.4) is 0 Å². The maximum absolute atomic E-state index is 11.7. The van der Waals surface area contributed by atoms with Crippen LogP contribution in [0.5, 0.6) is 0 Å². The van der Waals surface area contributed by atoms with Gasteiger partial charge in [-0.05, 0) is 88.7 Å². The highest BCUT2D eigenvalue weighted by Gasteiger charge is 2.40. The molecule has 11 nitrogen and oxygen atoms in total. The van der Waals surface area contributed by atoms with Gasteiger partial charge in [0.1, 0.15) is 5.84 Å². The molecule has 1 saturated carbocycles. The van der Waals surface area contributed by atoms with Crippen LogP contribution in [0.4, 0.5) is 5.69 Å². The Bertz CT molecular complexity index is 992. The van der Waals surface area contributed by atoms with Crippen molar-refractivity contribution in [1.82, 2.24) is 20.4 Å². The summed E-state index contributed by atoms with van der Waals surface area (Å²) in [4.78, 5) is 39.9. The van der Waals surface area contributed by atoms with Gasteiger partial charge in [0.25, 0.3) is 0 Å². The number of hydrogen-bond acceptors (Lipinski definition) is 7. The Kier molecular flexibility index (Phi) is 13.3. The maximum atomic E-state index is 11.7. The molecular formula is C29H48N8O3. The number of nitrogens with one attached hydrogen (secondary N) is 3. The predicted molar refractivity (Wildman–Crippen MR) is 161 cm³/mol. The van der Waals surface area contributed by atoms with Gasteiger partial charge in [-0.1, -0.05) is 12.1 Å². The Labute approximate surface area is 238 Å². The van der Waals surface area contributed by atoms with Gasteiger partial charge in [-0.3, -0.25) is 19.4 Å². The van der Waals surface area contributed by atoms with E-state index in [1.54, 1.807) is 43.0 Å². The molecule has 0 aromatic heterocycles. The summed E-state index contributed by atoms with van der Waals surface area (Å²) in [6.07, 6.45) is 9.44. The van der Waals surface area contributed by atoms with Gasteiger partial charge in [0.05, 0.1) is 5.54 Å². The summed E-state index contributed by atoms with van der Waals surface area (Å²) in [6.45, 7) is 9.84. The lowest BCUT2D eigenvalue weighted by molar-refractivity contribution is -0.139. The first-order valence-electron chi connectivity index (χ1n) is 14.0. The molecule has 40 heavy (non-hydrogen) atoms.